The highest BCUT2D eigenvalue weighted by molar-refractivity contribution is 5.53. The normalized spacial score (nSPS) is 20.3. The number of rotatable bonds is 3. The van der Waals surface area contributed by atoms with E-state index in [2.05, 4.69) is 31.0 Å². The standard InChI is InChI=1S/C18H19N5O2/c1-5-15-14(19-7-1)11-22(10-13-4-2-8-23(13)15)12-17-20-18(21-25-17)16-6-3-9-24-16/h1,3,5-7,9,13H,2,4,8,10-12H2/t13-/m0/s1. The maximum atomic E-state index is 5.43. The minimum atomic E-state index is 0.496. The lowest BCUT2D eigenvalue weighted by molar-refractivity contribution is 0.210. The van der Waals surface area contributed by atoms with E-state index in [9.17, 15) is 0 Å². The van der Waals surface area contributed by atoms with Crippen LogP contribution >= 0.6 is 0 Å². The molecule has 0 unspecified atom stereocenters. The van der Waals surface area contributed by atoms with E-state index in [4.69, 9.17) is 8.94 Å². The van der Waals surface area contributed by atoms with Crippen molar-refractivity contribution in [1.29, 1.82) is 0 Å². The van der Waals surface area contributed by atoms with E-state index in [-0.39, 0.29) is 0 Å². The van der Waals surface area contributed by atoms with Crippen LogP contribution < -0.4 is 4.90 Å². The molecular formula is C18H19N5O2. The first-order chi connectivity index (χ1) is 12.4. The molecule has 25 heavy (non-hydrogen) atoms. The van der Waals surface area contributed by atoms with Gasteiger partial charge in [-0.2, -0.15) is 4.98 Å². The number of pyridine rings is 1. The van der Waals surface area contributed by atoms with Gasteiger partial charge in [0.15, 0.2) is 5.76 Å². The summed E-state index contributed by atoms with van der Waals surface area (Å²) in [5.74, 6) is 1.73. The molecule has 0 amide bonds. The van der Waals surface area contributed by atoms with Crippen LogP contribution in [0.2, 0.25) is 0 Å². The van der Waals surface area contributed by atoms with Gasteiger partial charge in [0.05, 0.1) is 24.2 Å². The molecule has 0 N–H and O–H groups in total. The van der Waals surface area contributed by atoms with Crippen molar-refractivity contribution in [2.75, 3.05) is 18.0 Å². The Kier molecular flexibility index (Phi) is 3.52. The largest absolute Gasteiger partial charge is 0.461 e. The van der Waals surface area contributed by atoms with Gasteiger partial charge in [-0.25, -0.2) is 0 Å². The molecule has 1 fully saturated rings. The summed E-state index contributed by atoms with van der Waals surface area (Å²) < 4.78 is 10.8. The van der Waals surface area contributed by atoms with Crippen LogP contribution in [0.15, 0.2) is 45.7 Å². The Balaban J connectivity index is 1.39. The fourth-order valence-electron chi connectivity index (χ4n) is 3.87. The van der Waals surface area contributed by atoms with E-state index in [0.717, 1.165) is 25.3 Å². The van der Waals surface area contributed by atoms with Crippen LogP contribution in [0.4, 0.5) is 5.69 Å². The number of nitrogens with zero attached hydrogens (tertiary/aromatic N) is 5. The van der Waals surface area contributed by atoms with Gasteiger partial charge in [0, 0.05) is 31.9 Å². The Morgan fingerprint density at radius 2 is 2.24 bits per heavy atom. The van der Waals surface area contributed by atoms with Crippen molar-refractivity contribution < 1.29 is 8.94 Å². The van der Waals surface area contributed by atoms with Crippen molar-refractivity contribution in [1.82, 2.24) is 20.0 Å². The lowest BCUT2D eigenvalue weighted by Gasteiger charge is -2.26. The van der Waals surface area contributed by atoms with Crippen LogP contribution in [0, 0.1) is 0 Å². The molecule has 128 valence electrons. The van der Waals surface area contributed by atoms with Gasteiger partial charge in [0.2, 0.25) is 11.7 Å². The number of hydrogen-bond acceptors (Lipinski definition) is 7. The number of hydrogen-bond donors (Lipinski definition) is 0. The molecule has 5 heterocycles. The van der Waals surface area contributed by atoms with Crippen LogP contribution in [0.5, 0.6) is 0 Å². The predicted octanol–water partition coefficient (Wildman–Crippen LogP) is 2.71. The van der Waals surface area contributed by atoms with Crippen molar-refractivity contribution in [3.63, 3.8) is 0 Å². The fourth-order valence-corrected chi connectivity index (χ4v) is 3.87. The number of furan rings is 1. The monoisotopic (exact) mass is 337 g/mol. The first-order valence-corrected chi connectivity index (χ1v) is 8.66. The molecule has 0 saturated carbocycles. The summed E-state index contributed by atoms with van der Waals surface area (Å²) in [7, 11) is 0. The molecule has 0 spiro atoms. The molecule has 1 saturated heterocycles. The van der Waals surface area contributed by atoms with Gasteiger partial charge in [-0.3, -0.25) is 9.88 Å². The summed E-state index contributed by atoms with van der Waals surface area (Å²) in [5.41, 5.74) is 2.40. The maximum absolute atomic E-state index is 5.43. The minimum absolute atomic E-state index is 0.496. The molecule has 1 atom stereocenters. The third-order valence-electron chi connectivity index (χ3n) is 4.96. The van der Waals surface area contributed by atoms with Crippen molar-refractivity contribution in [3.8, 4) is 11.6 Å². The molecule has 0 aromatic carbocycles. The van der Waals surface area contributed by atoms with E-state index in [1.165, 1.54) is 18.5 Å². The van der Waals surface area contributed by atoms with E-state index in [1.807, 2.05) is 24.4 Å². The van der Waals surface area contributed by atoms with Gasteiger partial charge in [-0.05, 0) is 37.1 Å². The second kappa shape index (κ2) is 6.00. The fraction of sp³-hybridized carbons (Fsp3) is 0.389. The highest BCUT2D eigenvalue weighted by Crippen LogP contribution is 2.32. The van der Waals surface area contributed by atoms with Crippen molar-refractivity contribution >= 4 is 5.69 Å². The van der Waals surface area contributed by atoms with Crippen molar-refractivity contribution in [2.24, 2.45) is 0 Å². The Labute approximate surface area is 145 Å². The average molecular weight is 337 g/mol. The van der Waals surface area contributed by atoms with Crippen LogP contribution in [0.3, 0.4) is 0 Å². The zero-order chi connectivity index (χ0) is 16.6. The highest BCUT2D eigenvalue weighted by atomic mass is 16.5. The van der Waals surface area contributed by atoms with Gasteiger partial charge < -0.3 is 13.8 Å². The lowest BCUT2D eigenvalue weighted by Crippen LogP contribution is -2.37. The predicted molar refractivity (Wildman–Crippen MR) is 90.7 cm³/mol. The lowest BCUT2D eigenvalue weighted by atomic mass is 10.2. The number of anilines is 1. The molecule has 0 radical (unpaired) electrons. The second-order valence-electron chi connectivity index (χ2n) is 6.62. The van der Waals surface area contributed by atoms with Crippen LogP contribution in [-0.4, -0.2) is 39.2 Å². The van der Waals surface area contributed by atoms with Crippen LogP contribution in [0.25, 0.3) is 11.6 Å². The van der Waals surface area contributed by atoms with Gasteiger partial charge in [-0.1, -0.05) is 5.16 Å². The first-order valence-electron chi connectivity index (χ1n) is 8.66. The Morgan fingerprint density at radius 3 is 3.16 bits per heavy atom. The number of aromatic nitrogens is 3. The van der Waals surface area contributed by atoms with Gasteiger partial charge >= 0.3 is 0 Å². The molecular weight excluding hydrogens is 318 g/mol. The van der Waals surface area contributed by atoms with Gasteiger partial charge in [0.1, 0.15) is 0 Å². The van der Waals surface area contributed by atoms with Gasteiger partial charge in [-0.15, -0.1) is 0 Å². The van der Waals surface area contributed by atoms with E-state index >= 15 is 0 Å². The zero-order valence-corrected chi connectivity index (χ0v) is 13.8. The summed E-state index contributed by atoms with van der Waals surface area (Å²) in [6.07, 6.45) is 5.93. The zero-order valence-electron chi connectivity index (χ0n) is 13.8. The molecule has 2 aliphatic heterocycles. The second-order valence-corrected chi connectivity index (χ2v) is 6.62. The SMILES string of the molecule is c1coc(-c2noc(CN3Cc4ncccc4N4CCC[C@H]4C3)n2)c1. The molecule has 0 aliphatic carbocycles. The third-order valence-corrected chi connectivity index (χ3v) is 4.96. The quantitative estimate of drug-likeness (QED) is 0.727. The number of fused-ring (bicyclic) bond motifs is 3. The van der Waals surface area contributed by atoms with Crippen LogP contribution in [-0.2, 0) is 13.1 Å². The highest BCUT2D eigenvalue weighted by Gasteiger charge is 2.32. The molecule has 7 heteroatoms. The Morgan fingerprint density at radius 1 is 1.24 bits per heavy atom. The van der Waals surface area contributed by atoms with E-state index < -0.39 is 0 Å². The minimum Gasteiger partial charge on any atom is -0.461 e. The summed E-state index contributed by atoms with van der Waals surface area (Å²) >= 11 is 0. The van der Waals surface area contributed by atoms with E-state index in [1.54, 1.807) is 6.26 Å². The summed E-state index contributed by atoms with van der Waals surface area (Å²) in [6, 6.07) is 8.38. The molecule has 3 aromatic heterocycles. The maximum Gasteiger partial charge on any atom is 0.241 e. The topological polar surface area (TPSA) is 71.4 Å². The van der Waals surface area contributed by atoms with Crippen molar-refractivity contribution in [3.05, 3.63) is 48.3 Å². The first kappa shape index (κ1) is 14.7. The summed E-state index contributed by atoms with van der Waals surface area (Å²) in [6.45, 7) is 3.50. The smallest absolute Gasteiger partial charge is 0.241 e. The molecule has 7 nitrogen and oxygen atoms in total. The Bertz CT molecular complexity index is 860. The average Bonchev–Trinajstić information content (AvgIpc) is 3.35. The summed E-state index contributed by atoms with van der Waals surface area (Å²) in [5, 5.41) is 4.03. The van der Waals surface area contributed by atoms with Gasteiger partial charge in [0.25, 0.3) is 0 Å². The molecule has 3 aromatic rings. The van der Waals surface area contributed by atoms with Crippen molar-refractivity contribution in [2.45, 2.75) is 32.0 Å². The molecule has 2 aliphatic rings. The molecule has 5 rings (SSSR count). The van der Waals surface area contributed by atoms with E-state index in [0.29, 0.717) is 30.1 Å². The third kappa shape index (κ3) is 2.70. The Hall–Kier alpha value is -2.67. The van der Waals surface area contributed by atoms with Crippen LogP contribution in [0.1, 0.15) is 24.4 Å². The summed E-state index contributed by atoms with van der Waals surface area (Å²) in [4.78, 5) is 13.9. The molecule has 0 bridgehead atoms.